The van der Waals surface area contributed by atoms with Crippen molar-refractivity contribution in [3.8, 4) is 5.69 Å². The number of carbonyl (C=O) groups is 2. The molecule has 150 valence electrons. The lowest BCUT2D eigenvalue weighted by Crippen LogP contribution is -2.41. The van der Waals surface area contributed by atoms with Gasteiger partial charge < -0.3 is 9.30 Å². The molecule has 28 heavy (non-hydrogen) atoms. The van der Waals surface area contributed by atoms with E-state index in [1.165, 1.54) is 0 Å². The number of aromatic nitrogens is 1. The SMILES string of the molecule is CCOC(=O)C1CCCN(CC(=O)c2cc(C)n(-c3ccc(Cl)cc3)c2C)C1. The molecule has 0 radical (unpaired) electrons. The van der Waals surface area contributed by atoms with E-state index < -0.39 is 0 Å². The van der Waals surface area contributed by atoms with E-state index >= 15 is 0 Å². The average Bonchev–Trinajstić information content (AvgIpc) is 2.97. The van der Waals surface area contributed by atoms with Gasteiger partial charge in [0.15, 0.2) is 5.78 Å². The van der Waals surface area contributed by atoms with Crippen LogP contribution < -0.4 is 0 Å². The summed E-state index contributed by atoms with van der Waals surface area (Å²) in [4.78, 5) is 27.1. The van der Waals surface area contributed by atoms with Crippen LogP contribution >= 0.6 is 11.6 Å². The zero-order valence-corrected chi connectivity index (χ0v) is 17.5. The van der Waals surface area contributed by atoms with E-state index in [9.17, 15) is 9.59 Å². The van der Waals surface area contributed by atoms with E-state index in [1.54, 1.807) is 0 Å². The molecule has 0 amide bonds. The van der Waals surface area contributed by atoms with Crippen molar-refractivity contribution in [2.75, 3.05) is 26.2 Å². The minimum Gasteiger partial charge on any atom is -0.466 e. The van der Waals surface area contributed by atoms with Gasteiger partial charge in [-0.15, -0.1) is 0 Å². The molecule has 3 rings (SSSR count). The number of aryl methyl sites for hydroxylation is 1. The first-order valence-electron chi connectivity index (χ1n) is 9.77. The smallest absolute Gasteiger partial charge is 0.310 e. The molecule has 1 aromatic heterocycles. The van der Waals surface area contributed by atoms with E-state index in [-0.39, 0.29) is 17.7 Å². The highest BCUT2D eigenvalue weighted by Gasteiger charge is 2.28. The summed E-state index contributed by atoms with van der Waals surface area (Å²) in [6.07, 6.45) is 1.73. The molecule has 0 aliphatic carbocycles. The first-order valence-corrected chi connectivity index (χ1v) is 10.2. The normalized spacial score (nSPS) is 17.5. The summed E-state index contributed by atoms with van der Waals surface area (Å²) in [5, 5.41) is 0.684. The number of rotatable bonds is 6. The molecule has 1 unspecified atom stereocenters. The van der Waals surface area contributed by atoms with Crippen molar-refractivity contribution in [2.24, 2.45) is 5.92 Å². The van der Waals surface area contributed by atoms with Crippen molar-refractivity contribution < 1.29 is 14.3 Å². The summed E-state index contributed by atoms with van der Waals surface area (Å²) in [7, 11) is 0. The van der Waals surface area contributed by atoms with Gasteiger partial charge in [-0.3, -0.25) is 14.5 Å². The second-order valence-corrected chi connectivity index (χ2v) is 7.78. The van der Waals surface area contributed by atoms with Gasteiger partial charge in [-0.25, -0.2) is 0 Å². The van der Waals surface area contributed by atoms with E-state index in [1.807, 2.05) is 51.1 Å². The number of ether oxygens (including phenoxy) is 1. The first-order chi connectivity index (χ1) is 13.4. The number of carbonyl (C=O) groups excluding carboxylic acids is 2. The number of halogens is 1. The maximum atomic E-state index is 13.0. The maximum absolute atomic E-state index is 13.0. The molecule has 1 aromatic carbocycles. The van der Waals surface area contributed by atoms with Crippen molar-refractivity contribution in [1.29, 1.82) is 0 Å². The lowest BCUT2D eigenvalue weighted by Gasteiger charge is -2.30. The molecule has 2 aromatic rings. The van der Waals surface area contributed by atoms with Crippen LogP contribution in [0.5, 0.6) is 0 Å². The average molecular weight is 403 g/mol. The van der Waals surface area contributed by atoms with Gasteiger partial charge in [0.25, 0.3) is 0 Å². The van der Waals surface area contributed by atoms with Gasteiger partial charge in [-0.2, -0.15) is 0 Å². The summed E-state index contributed by atoms with van der Waals surface area (Å²) in [6, 6.07) is 9.54. The van der Waals surface area contributed by atoms with Crippen LogP contribution in [0, 0.1) is 19.8 Å². The van der Waals surface area contributed by atoms with Crippen LogP contribution in [0.1, 0.15) is 41.5 Å². The predicted octanol–water partition coefficient (Wildman–Crippen LogP) is 4.21. The standard InChI is InChI=1S/C22H27ClN2O3/c1-4-28-22(27)17-6-5-11-24(13-17)14-21(26)20-12-15(2)25(16(20)3)19-9-7-18(23)8-10-19/h7-10,12,17H,4-6,11,13-14H2,1-3H3. The van der Waals surface area contributed by atoms with Crippen molar-refractivity contribution in [3.05, 3.63) is 52.3 Å². The number of benzene rings is 1. The largest absolute Gasteiger partial charge is 0.466 e. The second-order valence-electron chi connectivity index (χ2n) is 7.35. The Balaban J connectivity index is 1.73. The lowest BCUT2D eigenvalue weighted by atomic mass is 9.97. The number of likely N-dealkylation sites (tertiary alicyclic amines) is 1. The predicted molar refractivity (Wildman–Crippen MR) is 110 cm³/mol. The molecule has 1 fully saturated rings. The van der Waals surface area contributed by atoms with Gasteiger partial charge in [-0.05, 0) is 70.5 Å². The molecule has 1 atom stereocenters. The molecule has 1 aliphatic heterocycles. The monoisotopic (exact) mass is 402 g/mol. The van der Waals surface area contributed by atoms with Gasteiger partial charge in [0.05, 0.1) is 19.1 Å². The highest BCUT2D eigenvalue weighted by atomic mass is 35.5. The third-order valence-electron chi connectivity index (χ3n) is 5.31. The number of hydrogen-bond donors (Lipinski definition) is 0. The molecule has 6 heteroatoms. The highest BCUT2D eigenvalue weighted by molar-refractivity contribution is 6.30. The molecule has 0 saturated carbocycles. The fourth-order valence-electron chi connectivity index (χ4n) is 3.97. The molecule has 2 heterocycles. The Morgan fingerprint density at radius 3 is 2.61 bits per heavy atom. The zero-order chi connectivity index (χ0) is 20.3. The van der Waals surface area contributed by atoms with E-state index in [0.717, 1.165) is 42.0 Å². The fourth-order valence-corrected chi connectivity index (χ4v) is 4.10. The Labute approximate surface area is 171 Å². The number of nitrogens with zero attached hydrogens (tertiary/aromatic N) is 2. The van der Waals surface area contributed by atoms with Gasteiger partial charge in [0, 0.05) is 34.2 Å². The third-order valence-corrected chi connectivity index (χ3v) is 5.56. The van der Waals surface area contributed by atoms with Gasteiger partial charge in [0.1, 0.15) is 0 Å². The summed E-state index contributed by atoms with van der Waals surface area (Å²) in [5.41, 5.74) is 3.64. The first kappa shape index (κ1) is 20.6. The molecule has 0 bridgehead atoms. The van der Waals surface area contributed by atoms with Crippen molar-refractivity contribution in [2.45, 2.75) is 33.6 Å². The Bertz CT molecular complexity index is 857. The Kier molecular flexibility index (Phi) is 6.57. The second kappa shape index (κ2) is 8.93. The summed E-state index contributed by atoms with van der Waals surface area (Å²) >= 11 is 5.99. The molecule has 0 N–H and O–H groups in total. The maximum Gasteiger partial charge on any atom is 0.310 e. The Morgan fingerprint density at radius 2 is 1.93 bits per heavy atom. The quantitative estimate of drug-likeness (QED) is 0.536. The van der Waals surface area contributed by atoms with E-state index in [4.69, 9.17) is 16.3 Å². The number of esters is 1. The van der Waals surface area contributed by atoms with Crippen LogP contribution in [-0.4, -0.2) is 47.5 Å². The van der Waals surface area contributed by atoms with Crippen molar-refractivity contribution in [3.63, 3.8) is 0 Å². The van der Waals surface area contributed by atoms with Crippen LogP contribution in [0.4, 0.5) is 0 Å². The minimum absolute atomic E-state index is 0.0813. The van der Waals surface area contributed by atoms with Crippen LogP contribution in [0.25, 0.3) is 5.69 Å². The molecule has 5 nitrogen and oxygen atoms in total. The van der Waals surface area contributed by atoms with E-state index in [2.05, 4.69) is 9.47 Å². The van der Waals surface area contributed by atoms with Crippen molar-refractivity contribution in [1.82, 2.24) is 9.47 Å². The fraction of sp³-hybridized carbons (Fsp3) is 0.455. The number of Topliss-reactive ketones (excluding diaryl/α,β-unsaturated/α-hetero) is 1. The molecule has 1 saturated heterocycles. The van der Waals surface area contributed by atoms with Crippen LogP contribution in [0.2, 0.25) is 5.02 Å². The van der Waals surface area contributed by atoms with Crippen molar-refractivity contribution >= 4 is 23.4 Å². The van der Waals surface area contributed by atoms with Crippen LogP contribution in [0.15, 0.2) is 30.3 Å². The Morgan fingerprint density at radius 1 is 1.21 bits per heavy atom. The van der Waals surface area contributed by atoms with Crippen LogP contribution in [-0.2, 0) is 9.53 Å². The number of piperidine rings is 1. The molecule has 1 aliphatic rings. The number of ketones is 1. The minimum atomic E-state index is -0.152. The topological polar surface area (TPSA) is 51.5 Å². The van der Waals surface area contributed by atoms with Gasteiger partial charge >= 0.3 is 5.97 Å². The summed E-state index contributed by atoms with van der Waals surface area (Å²) in [6.45, 7) is 7.91. The highest BCUT2D eigenvalue weighted by Crippen LogP contribution is 2.24. The number of hydrogen-bond acceptors (Lipinski definition) is 4. The lowest BCUT2D eigenvalue weighted by molar-refractivity contribution is -0.149. The van der Waals surface area contributed by atoms with Gasteiger partial charge in [0.2, 0.25) is 0 Å². The van der Waals surface area contributed by atoms with E-state index in [0.29, 0.717) is 24.7 Å². The molecular weight excluding hydrogens is 376 g/mol. The third kappa shape index (κ3) is 4.47. The van der Waals surface area contributed by atoms with Crippen LogP contribution in [0.3, 0.4) is 0 Å². The summed E-state index contributed by atoms with van der Waals surface area (Å²) < 4.78 is 7.22. The molecular formula is C22H27ClN2O3. The Hall–Kier alpha value is -2.11. The van der Waals surface area contributed by atoms with Gasteiger partial charge in [-0.1, -0.05) is 11.6 Å². The zero-order valence-electron chi connectivity index (χ0n) is 16.7. The summed E-state index contributed by atoms with van der Waals surface area (Å²) in [5.74, 6) is -0.207. The molecule has 0 spiro atoms.